The number of hydrogen-bond donors (Lipinski definition) is 0. The highest BCUT2D eigenvalue weighted by Crippen LogP contribution is 2.37. The molecule has 0 fully saturated rings. The van der Waals surface area contributed by atoms with Gasteiger partial charge in [-0.1, -0.05) is 36.4 Å². The summed E-state index contributed by atoms with van der Waals surface area (Å²) in [5.74, 6) is -2.88. The fourth-order valence-electron chi connectivity index (χ4n) is 3.48. The van der Waals surface area contributed by atoms with Crippen molar-refractivity contribution in [2.75, 3.05) is 11.4 Å². The van der Waals surface area contributed by atoms with E-state index in [0.29, 0.717) is 18.0 Å². The number of carbonyl (C=O) groups is 2. The Morgan fingerprint density at radius 3 is 2.40 bits per heavy atom. The zero-order chi connectivity index (χ0) is 21.3. The van der Waals surface area contributed by atoms with E-state index in [1.54, 1.807) is 22.4 Å². The van der Waals surface area contributed by atoms with Crippen LogP contribution in [0.15, 0.2) is 71.7 Å². The molecule has 0 aliphatic carbocycles. The average molecular weight is 424 g/mol. The third-order valence-corrected chi connectivity index (χ3v) is 5.78. The Labute approximate surface area is 176 Å². The predicted octanol–water partition coefficient (Wildman–Crippen LogP) is 4.83. The van der Waals surface area contributed by atoms with Gasteiger partial charge in [0.25, 0.3) is 11.8 Å². The molecule has 0 radical (unpaired) electrons. The van der Waals surface area contributed by atoms with Crippen molar-refractivity contribution in [1.29, 1.82) is 0 Å². The molecule has 0 saturated carbocycles. The second kappa shape index (κ2) is 8.20. The van der Waals surface area contributed by atoms with Crippen molar-refractivity contribution in [3.63, 3.8) is 0 Å². The molecule has 1 aromatic heterocycles. The maximum atomic E-state index is 14.5. The van der Waals surface area contributed by atoms with Gasteiger partial charge in [0.05, 0.1) is 11.3 Å². The maximum Gasteiger partial charge on any atom is 0.282 e. The number of halogens is 2. The van der Waals surface area contributed by atoms with E-state index in [4.69, 9.17) is 0 Å². The lowest BCUT2D eigenvalue weighted by Crippen LogP contribution is -2.35. The molecule has 1 aliphatic heterocycles. The lowest BCUT2D eigenvalue weighted by atomic mass is 10.1. The first-order valence-corrected chi connectivity index (χ1v) is 10.3. The molecule has 152 valence electrons. The van der Waals surface area contributed by atoms with Crippen molar-refractivity contribution in [3.05, 3.63) is 93.8 Å². The molecule has 0 N–H and O–H groups in total. The summed E-state index contributed by atoms with van der Waals surface area (Å²) in [6.07, 6.45) is 0. The third-order valence-electron chi connectivity index (χ3n) is 4.89. The number of likely N-dealkylation sites (N-methyl/N-ethyl adjacent to an activating group) is 1. The molecule has 0 atom stereocenters. The highest BCUT2D eigenvalue weighted by atomic mass is 32.1. The van der Waals surface area contributed by atoms with Gasteiger partial charge in [0, 0.05) is 24.0 Å². The van der Waals surface area contributed by atoms with E-state index >= 15 is 0 Å². The zero-order valence-electron chi connectivity index (χ0n) is 16.1. The maximum absolute atomic E-state index is 14.5. The van der Waals surface area contributed by atoms with Gasteiger partial charge in [0.2, 0.25) is 0 Å². The fraction of sp³-hybridized carbons (Fsp3) is 0.130. The first kappa shape index (κ1) is 20.0. The number of carbonyl (C=O) groups excluding carboxylic acids is 2. The number of benzene rings is 2. The van der Waals surface area contributed by atoms with Crippen LogP contribution >= 0.6 is 11.3 Å². The monoisotopic (exact) mass is 424 g/mol. The van der Waals surface area contributed by atoms with Crippen molar-refractivity contribution in [1.82, 2.24) is 4.90 Å². The molecule has 1 aliphatic rings. The van der Waals surface area contributed by atoms with Crippen LogP contribution in [-0.4, -0.2) is 23.3 Å². The van der Waals surface area contributed by atoms with Gasteiger partial charge in [0.1, 0.15) is 17.3 Å². The van der Waals surface area contributed by atoms with Crippen LogP contribution in [0.25, 0.3) is 5.57 Å². The van der Waals surface area contributed by atoms with Crippen molar-refractivity contribution in [3.8, 4) is 0 Å². The quantitative estimate of drug-likeness (QED) is 0.532. The molecule has 4 rings (SSSR count). The number of imide groups is 1. The van der Waals surface area contributed by atoms with Crippen molar-refractivity contribution >= 4 is 34.4 Å². The van der Waals surface area contributed by atoms with Gasteiger partial charge in [0.15, 0.2) is 0 Å². The summed E-state index contributed by atoms with van der Waals surface area (Å²) in [5, 5.41) is 1.80. The van der Waals surface area contributed by atoms with Gasteiger partial charge in [-0.2, -0.15) is 0 Å². The van der Waals surface area contributed by atoms with Crippen LogP contribution in [-0.2, 0) is 16.1 Å². The molecule has 0 unspecified atom stereocenters. The number of anilines is 1. The second-order valence-corrected chi connectivity index (χ2v) is 7.69. The number of hydrogen-bond acceptors (Lipinski definition) is 4. The zero-order valence-corrected chi connectivity index (χ0v) is 17.0. The molecule has 2 aromatic carbocycles. The van der Waals surface area contributed by atoms with Crippen molar-refractivity contribution < 1.29 is 18.4 Å². The summed E-state index contributed by atoms with van der Waals surface area (Å²) in [4.78, 5) is 29.8. The van der Waals surface area contributed by atoms with Crippen LogP contribution in [0.2, 0.25) is 0 Å². The summed E-state index contributed by atoms with van der Waals surface area (Å²) in [5.41, 5.74) is 0.978. The molecule has 30 heavy (non-hydrogen) atoms. The van der Waals surface area contributed by atoms with Gasteiger partial charge in [-0.3, -0.25) is 9.59 Å². The Kier molecular flexibility index (Phi) is 5.46. The van der Waals surface area contributed by atoms with Gasteiger partial charge in [-0.25, -0.2) is 13.7 Å². The SMILES string of the molecule is CCN(Cc1ccccc1)C1=C(c2cccs2)C(=O)N(c2cc(F)ccc2F)C1=O. The molecule has 3 aromatic rings. The molecular formula is C23H18F2N2O2S. The van der Waals surface area contributed by atoms with Crippen LogP contribution in [0.4, 0.5) is 14.5 Å². The Morgan fingerprint density at radius 2 is 1.73 bits per heavy atom. The van der Waals surface area contributed by atoms with Gasteiger partial charge in [-0.15, -0.1) is 11.3 Å². The van der Waals surface area contributed by atoms with Crippen LogP contribution in [0.1, 0.15) is 17.4 Å². The first-order valence-electron chi connectivity index (χ1n) is 9.42. The Morgan fingerprint density at radius 1 is 0.967 bits per heavy atom. The van der Waals surface area contributed by atoms with E-state index in [-0.39, 0.29) is 17.0 Å². The number of nitrogens with zero attached hydrogens (tertiary/aromatic N) is 2. The molecule has 0 saturated heterocycles. The molecule has 4 nitrogen and oxygen atoms in total. The minimum Gasteiger partial charge on any atom is -0.362 e. The molecule has 2 heterocycles. The fourth-order valence-corrected chi connectivity index (χ4v) is 4.25. The molecule has 2 amide bonds. The topological polar surface area (TPSA) is 40.6 Å². The summed E-state index contributed by atoms with van der Waals surface area (Å²) < 4.78 is 28.2. The van der Waals surface area contributed by atoms with Gasteiger partial charge >= 0.3 is 0 Å². The summed E-state index contributed by atoms with van der Waals surface area (Å²) in [6, 6.07) is 15.8. The standard InChI is InChI=1S/C23H18F2N2O2S/c1-2-26(14-15-7-4-3-5-8-15)21-20(19-9-6-12-30-19)22(28)27(23(21)29)18-13-16(24)10-11-17(18)25/h3-13H,2,14H2,1H3. The lowest BCUT2D eigenvalue weighted by molar-refractivity contribution is -0.120. The largest absolute Gasteiger partial charge is 0.362 e. The molecule has 7 heteroatoms. The predicted molar refractivity (Wildman–Crippen MR) is 113 cm³/mol. The van der Waals surface area contributed by atoms with Gasteiger partial charge < -0.3 is 4.90 Å². The summed E-state index contributed by atoms with van der Waals surface area (Å²) in [7, 11) is 0. The van der Waals surface area contributed by atoms with Gasteiger partial charge in [-0.05, 0) is 36.1 Å². The molecule has 0 spiro atoms. The number of amides is 2. The minimum atomic E-state index is -0.837. The smallest absolute Gasteiger partial charge is 0.282 e. The number of thiophene rings is 1. The molecular weight excluding hydrogens is 406 g/mol. The number of rotatable bonds is 6. The average Bonchev–Trinajstić information content (AvgIpc) is 3.35. The first-order chi connectivity index (χ1) is 14.5. The van der Waals surface area contributed by atoms with Crippen LogP contribution in [0, 0.1) is 11.6 Å². The normalized spacial score (nSPS) is 14.0. The Hall–Kier alpha value is -3.32. The lowest BCUT2D eigenvalue weighted by Gasteiger charge is -2.25. The van der Waals surface area contributed by atoms with E-state index in [9.17, 15) is 18.4 Å². The van der Waals surface area contributed by atoms with Crippen LogP contribution in [0.5, 0.6) is 0 Å². The third kappa shape index (κ3) is 3.52. The minimum absolute atomic E-state index is 0.192. The Bertz CT molecular complexity index is 1130. The van der Waals surface area contributed by atoms with E-state index in [1.165, 1.54) is 11.3 Å². The van der Waals surface area contributed by atoms with Crippen LogP contribution in [0.3, 0.4) is 0 Å². The highest BCUT2D eigenvalue weighted by molar-refractivity contribution is 7.11. The van der Waals surface area contributed by atoms with Crippen molar-refractivity contribution in [2.24, 2.45) is 0 Å². The Balaban J connectivity index is 1.83. The second-order valence-electron chi connectivity index (χ2n) is 6.74. The summed E-state index contributed by atoms with van der Waals surface area (Å²) in [6.45, 7) is 2.74. The molecule has 0 bridgehead atoms. The summed E-state index contributed by atoms with van der Waals surface area (Å²) >= 11 is 1.32. The van der Waals surface area contributed by atoms with Crippen LogP contribution < -0.4 is 4.90 Å². The van der Waals surface area contributed by atoms with E-state index in [2.05, 4.69) is 0 Å². The van der Waals surface area contributed by atoms with Crippen molar-refractivity contribution in [2.45, 2.75) is 13.5 Å². The van der Waals surface area contributed by atoms with E-state index < -0.39 is 23.4 Å². The van der Waals surface area contributed by atoms with E-state index in [1.807, 2.05) is 37.3 Å². The van der Waals surface area contributed by atoms with E-state index in [0.717, 1.165) is 28.7 Å². The highest BCUT2D eigenvalue weighted by Gasteiger charge is 2.43.